The van der Waals surface area contributed by atoms with Crippen molar-refractivity contribution in [3.63, 3.8) is 0 Å². The van der Waals surface area contributed by atoms with Gasteiger partial charge >= 0.3 is 0 Å². The Kier molecular flexibility index (Phi) is 10.2. The van der Waals surface area contributed by atoms with Crippen LogP contribution < -0.4 is 9.62 Å². The molecule has 2 aromatic rings. The van der Waals surface area contributed by atoms with E-state index in [0.29, 0.717) is 15.7 Å². The Balaban J connectivity index is 2.23. The summed E-state index contributed by atoms with van der Waals surface area (Å²) >= 11 is 12.2. The van der Waals surface area contributed by atoms with E-state index in [-0.39, 0.29) is 37.7 Å². The van der Waals surface area contributed by atoms with Crippen LogP contribution in [-0.2, 0) is 26.2 Å². The van der Waals surface area contributed by atoms with E-state index in [2.05, 4.69) is 5.32 Å². The lowest BCUT2D eigenvalue weighted by atomic mass is 10.1. The Hall–Kier alpha value is -2.29. The van der Waals surface area contributed by atoms with Gasteiger partial charge in [-0.2, -0.15) is 0 Å². The maximum atomic E-state index is 13.4. The molecule has 0 heterocycles. The zero-order chi connectivity index (χ0) is 27.3. The first-order chi connectivity index (χ1) is 16.6. The number of hydrogen-bond donors (Lipinski definition) is 1. The highest BCUT2D eigenvalue weighted by molar-refractivity contribution is 7.92. The maximum Gasteiger partial charge on any atom is 0.242 e. The summed E-state index contributed by atoms with van der Waals surface area (Å²) in [4.78, 5) is 27.8. The van der Waals surface area contributed by atoms with Crippen molar-refractivity contribution in [2.75, 3.05) is 17.1 Å². The number of sulfonamides is 1. The second kappa shape index (κ2) is 12.3. The number of nitrogens with one attached hydrogen (secondary N) is 1. The Bertz CT molecular complexity index is 1200. The molecule has 0 fully saturated rings. The largest absolute Gasteiger partial charge is 0.350 e. The van der Waals surface area contributed by atoms with Crippen molar-refractivity contribution < 1.29 is 18.0 Å². The number of amides is 2. The molecule has 2 amide bonds. The van der Waals surface area contributed by atoms with Gasteiger partial charge in [0.1, 0.15) is 6.04 Å². The van der Waals surface area contributed by atoms with Crippen LogP contribution in [-0.4, -0.2) is 49.5 Å². The fourth-order valence-electron chi connectivity index (χ4n) is 3.72. The van der Waals surface area contributed by atoms with E-state index in [1.807, 2.05) is 26.8 Å². The first kappa shape index (κ1) is 29.9. The van der Waals surface area contributed by atoms with Gasteiger partial charge in [-0.1, -0.05) is 41.4 Å². The van der Waals surface area contributed by atoms with Gasteiger partial charge in [-0.3, -0.25) is 13.9 Å². The Morgan fingerprint density at radius 3 is 2.28 bits per heavy atom. The fraction of sp³-hybridized carbons (Fsp3) is 0.462. The van der Waals surface area contributed by atoms with Crippen molar-refractivity contribution in [2.24, 2.45) is 0 Å². The van der Waals surface area contributed by atoms with Crippen LogP contribution in [0.4, 0.5) is 5.69 Å². The van der Waals surface area contributed by atoms with Crippen LogP contribution >= 0.6 is 23.2 Å². The van der Waals surface area contributed by atoms with Crippen LogP contribution in [0.5, 0.6) is 0 Å². The van der Waals surface area contributed by atoms with Crippen molar-refractivity contribution >= 4 is 50.7 Å². The minimum absolute atomic E-state index is 0.0549. The predicted octanol–water partition coefficient (Wildman–Crippen LogP) is 5.18. The maximum absolute atomic E-state index is 13.4. The monoisotopic (exact) mass is 555 g/mol. The van der Waals surface area contributed by atoms with Gasteiger partial charge in [-0.25, -0.2) is 8.42 Å². The molecule has 2 rings (SSSR count). The van der Waals surface area contributed by atoms with E-state index < -0.39 is 21.6 Å². The Morgan fingerprint density at radius 1 is 1.06 bits per heavy atom. The van der Waals surface area contributed by atoms with Crippen molar-refractivity contribution in [1.82, 2.24) is 10.2 Å². The third-order valence-corrected chi connectivity index (χ3v) is 7.15. The summed E-state index contributed by atoms with van der Waals surface area (Å²) in [5.74, 6) is -0.534. The molecule has 36 heavy (non-hydrogen) atoms. The van der Waals surface area contributed by atoms with Crippen LogP contribution in [0.3, 0.4) is 0 Å². The van der Waals surface area contributed by atoms with Crippen molar-refractivity contribution in [3.05, 3.63) is 63.6 Å². The third-order valence-electron chi connectivity index (χ3n) is 5.50. The first-order valence-corrected chi connectivity index (χ1v) is 14.3. The molecule has 0 spiro atoms. The first-order valence-electron chi connectivity index (χ1n) is 11.7. The summed E-state index contributed by atoms with van der Waals surface area (Å²) in [6, 6.07) is 11.4. The van der Waals surface area contributed by atoms with Crippen LogP contribution in [0.1, 0.15) is 51.7 Å². The zero-order valence-corrected chi connectivity index (χ0v) is 24.0. The topological polar surface area (TPSA) is 86.8 Å². The summed E-state index contributed by atoms with van der Waals surface area (Å²) in [6.07, 6.45) is 1.44. The number of aryl methyl sites for hydroxylation is 1. The fourth-order valence-corrected chi connectivity index (χ4v) is 5.12. The van der Waals surface area contributed by atoms with Crippen molar-refractivity contribution in [2.45, 2.75) is 65.6 Å². The van der Waals surface area contributed by atoms with E-state index in [0.717, 1.165) is 17.4 Å². The van der Waals surface area contributed by atoms with E-state index >= 15 is 0 Å². The molecule has 0 aliphatic carbocycles. The number of carbonyl (C=O) groups excluding carboxylic acids is 2. The van der Waals surface area contributed by atoms with E-state index in [4.69, 9.17) is 23.2 Å². The molecule has 2 aromatic carbocycles. The molecular formula is C26H35Cl2N3O4S. The van der Waals surface area contributed by atoms with Crippen LogP contribution in [0.2, 0.25) is 10.0 Å². The number of nitrogens with zero attached hydrogens (tertiary/aromatic N) is 2. The average Bonchev–Trinajstić information content (AvgIpc) is 2.74. The lowest BCUT2D eigenvalue weighted by Gasteiger charge is -2.32. The molecule has 0 bridgehead atoms. The number of halogens is 2. The molecule has 0 saturated carbocycles. The molecule has 0 radical (unpaired) electrons. The van der Waals surface area contributed by atoms with Crippen LogP contribution in [0.25, 0.3) is 0 Å². The number of hydrogen-bond acceptors (Lipinski definition) is 4. The van der Waals surface area contributed by atoms with Crippen molar-refractivity contribution in [3.8, 4) is 0 Å². The van der Waals surface area contributed by atoms with Gasteiger partial charge in [0.2, 0.25) is 21.8 Å². The van der Waals surface area contributed by atoms with E-state index in [9.17, 15) is 18.0 Å². The quantitative estimate of drug-likeness (QED) is 0.437. The molecule has 1 N–H and O–H groups in total. The second-order valence-corrected chi connectivity index (χ2v) is 12.7. The lowest BCUT2D eigenvalue weighted by Crippen LogP contribution is -2.52. The molecule has 1 atom stereocenters. The molecule has 0 aliphatic heterocycles. The number of carbonyl (C=O) groups is 2. The standard InChI is InChI=1S/C26H35Cl2N3O4S/c1-18-12-13-22(28)16-23(18)31(36(6,34)35)14-8-11-24(32)30(17-20-9-7-10-21(27)15-20)19(2)25(33)29-26(3,4)5/h7,9-10,12-13,15-16,19H,8,11,14,17H2,1-6H3,(H,29,33)/t19-/m0/s1. The molecule has 0 aromatic heterocycles. The summed E-state index contributed by atoms with van der Waals surface area (Å²) in [6.45, 7) is 9.40. The zero-order valence-electron chi connectivity index (χ0n) is 21.6. The number of benzene rings is 2. The van der Waals surface area contributed by atoms with Crippen molar-refractivity contribution in [1.29, 1.82) is 0 Å². The summed E-state index contributed by atoms with van der Waals surface area (Å²) in [5.41, 5.74) is 1.57. The molecule has 0 saturated heterocycles. The van der Waals surface area contributed by atoms with Gasteiger partial charge in [0.25, 0.3) is 0 Å². The summed E-state index contributed by atoms with van der Waals surface area (Å²) in [5, 5.41) is 3.88. The second-order valence-electron chi connectivity index (χ2n) is 9.94. The van der Waals surface area contributed by atoms with Gasteiger partial charge in [0.15, 0.2) is 0 Å². The molecule has 10 heteroatoms. The molecule has 0 unspecified atom stereocenters. The summed E-state index contributed by atoms with van der Waals surface area (Å²) < 4.78 is 26.3. The average molecular weight is 557 g/mol. The number of anilines is 1. The Morgan fingerprint density at radius 2 is 1.69 bits per heavy atom. The van der Waals surface area contributed by atoms with Crippen LogP contribution in [0, 0.1) is 6.92 Å². The normalized spacial score (nSPS) is 12.7. The van der Waals surface area contributed by atoms with Gasteiger partial charge < -0.3 is 10.2 Å². The van der Waals surface area contributed by atoms with E-state index in [1.165, 1.54) is 9.21 Å². The predicted molar refractivity (Wildman–Crippen MR) is 147 cm³/mol. The highest BCUT2D eigenvalue weighted by Gasteiger charge is 2.29. The van der Waals surface area contributed by atoms with Crippen LogP contribution in [0.15, 0.2) is 42.5 Å². The Labute approximate surface area is 224 Å². The van der Waals surface area contributed by atoms with Gasteiger partial charge in [-0.15, -0.1) is 0 Å². The molecule has 198 valence electrons. The number of rotatable bonds is 10. The van der Waals surface area contributed by atoms with E-state index in [1.54, 1.807) is 50.2 Å². The van der Waals surface area contributed by atoms with Gasteiger partial charge in [-0.05, 0) is 76.4 Å². The van der Waals surface area contributed by atoms with Gasteiger partial charge in [0, 0.05) is 35.1 Å². The SMILES string of the molecule is Cc1ccc(Cl)cc1N(CCCC(=O)N(Cc1cccc(Cl)c1)[C@@H](C)C(=O)NC(C)(C)C)S(C)(=O)=O. The van der Waals surface area contributed by atoms with Gasteiger partial charge in [0.05, 0.1) is 11.9 Å². The molecule has 0 aliphatic rings. The minimum atomic E-state index is -3.61. The smallest absolute Gasteiger partial charge is 0.242 e. The highest BCUT2D eigenvalue weighted by Crippen LogP contribution is 2.27. The highest BCUT2D eigenvalue weighted by atomic mass is 35.5. The molecular weight excluding hydrogens is 521 g/mol. The third kappa shape index (κ3) is 8.98. The minimum Gasteiger partial charge on any atom is -0.350 e. The summed E-state index contributed by atoms with van der Waals surface area (Å²) in [7, 11) is -3.61. The molecule has 7 nitrogen and oxygen atoms in total. The lowest BCUT2D eigenvalue weighted by molar-refractivity contribution is -0.141.